The topological polar surface area (TPSA) is 77.8 Å². The Morgan fingerprint density at radius 3 is 2.43 bits per heavy atom. The normalized spacial score (nSPS) is 9.50. The van der Waals surface area contributed by atoms with E-state index >= 15 is 0 Å². The lowest BCUT2D eigenvalue weighted by atomic mass is 10.2. The molecule has 0 saturated carbocycles. The molecule has 0 unspecified atom stereocenters. The fourth-order valence-corrected chi connectivity index (χ4v) is 0.966. The molecule has 0 rings (SSSR count). The van der Waals surface area contributed by atoms with Crippen LogP contribution >= 0.6 is 0 Å². The highest BCUT2D eigenvalue weighted by Crippen LogP contribution is 1.98. The van der Waals surface area contributed by atoms with Crippen LogP contribution in [0.1, 0.15) is 12.8 Å². The van der Waals surface area contributed by atoms with E-state index in [1.54, 1.807) is 0 Å². The van der Waals surface area contributed by atoms with Crippen LogP contribution in [0.5, 0.6) is 0 Å². The minimum Gasteiger partial charge on any atom is -0.481 e. The molecule has 0 atom stereocenters. The van der Waals surface area contributed by atoms with Crippen LogP contribution in [0.2, 0.25) is 0 Å². The molecule has 0 aliphatic carbocycles. The van der Waals surface area contributed by atoms with Crippen LogP contribution in [0.4, 0.5) is 0 Å². The zero-order valence-electron chi connectivity index (χ0n) is 7.98. The van der Waals surface area contributed by atoms with E-state index in [1.807, 2.05) is 0 Å². The van der Waals surface area contributed by atoms with Gasteiger partial charge in [0.05, 0.1) is 13.0 Å². The van der Waals surface area contributed by atoms with Crippen molar-refractivity contribution in [3.63, 3.8) is 0 Å². The Labute approximate surface area is 82.6 Å². The first-order chi connectivity index (χ1) is 6.61. The molecule has 0 aliphatic heterocycles. The van der Waals surface area contributed by atoms with Crippen LogP contribution in [0.3, 0.4) is 0 Å². The Hall–Kier alpha value is -1.36. The molecule has 5 nitrogen and oxygen atoms in total. The van der Waals surface area contributed by atoms with E-state index in [0.29, 0.717) is 6.54 Å². The summed E-state index contributed by atoms with van der Waals surface area (Å²) in [4.78, 5) is 22.9. The number of carbonyl (C=O) groups is 2. The summed E-state index contributed by atoms with van der Waals surface area (Å²) in [7, 11) is 0. The third-order valence-electron chi connectivity index (χ3n) is 1.62. The van der Waals surface area contributed by atoms with Crippen LogP contribution in [-0.4, -0.2) is 46.7 Å². The fourth-order valence-electron chi connectivity index (χ4n) is 0.966. The predicted octanol–water partition coefficient (Wildman–Crippen LogP) is -0.142. The predicted molar refractivity (Wildman–Crippen MR) is 50.7 cm³/mol. The summed E-state index contributed by atoms with van der Waals surface area (Å²) in [5, 5.41) is 17.0. The van der Waals surface area contributed by atoms with E-state index < -0.39 is 5.97 Å². The molecule has 0 aromatic rings. The van der Waals surface area contributed by atoms with Crippen molar-refractivity contribution in [2.24, 2.45) is 0 Å². The van der Waals surface area contributed by atoms with Crippen molar-refractivity contribution in [3.05, 3.63) is 12.7 Å². The van der Waals surface area contributed by atoms with Crippen molar-refractivity contribution >= 4 is 11.9 Å². The second-order valence-corrected chi connectivity index (χ2v) is 2.75. The smallest absolute Gasteiger partial charge is 0.303 e. The summed E-state index contributed by atoms with van der Waals surface area (Å²) in [5.41, 5.74) is 0. The zero-order chi connectivity index (χ0) is 11.0. The van der Waals surface area contributed by atoms with Gasteiger partial charge in [-0.25, -0.2) is 0 Å². The van der Waals surface area contributed by atoms with Crippen molar-refractivity contribution in [3.8, 4) is 0 Å². The zero-order valence-corrected chi connectivity index (χ0v) is 7.98. The fraction of sp³-hybridized carbons (Fsp3) is 0.556. The number of aliphatic carboxylic acids is 1. The van der Waals surface area contributed by atoms with Gasteiger partial charge >= 0.3 is 5.97 Å². The van der Waals surface area contributed by atoms with Crippen LogP contribution in [0, 0.1) is 0 Å². The van der Waals surface area contributed by atoms with Crippen molar-refractivity contribution in [1.82, 2.24) is 4.90 Å². The Balaban J connectivity index is 4.00. The van der Waals surface area contributed by atoms with Gasteiger partial charge in [-0.3, -0.25) is 9.59 Å². The highest BCUT2D eigenvalue weighted by Gasteiger charge is 2.12. The first-order valence-corrected chi connectivity index (χ1v) is 4.33. The van der Waals surface area contributed by atoms with Crippen LogP contribution in [0.25, 0.3) is 0 Å². The van der Waals surface area contributed by atoms with E-state index in [-0.39, 0.29) is 31.9 Å². The van der Waals surface area contributed by atoms with Crippen LogP contribution in [0.15, 0.2) is 12.7 Å². The average Bonchev–Trinajstić information content (AvgIpc) is 2.14. The van der Waals surface area contributed by atoms with E-state index in [9.17, 15) is 9.59 Å². The lowest BCUT2D eigenvalue weighted by Gasteiger charge is -2.19. The SMILES string of the molecule is C=CCN(CCO)C(=O)CCC(=O)O. The first kappa shape index (κ1) is 12.6. The molecule has 0 aliphatic rings. The average molecular weight is 201 g/mol. The van der Waals surface area contributed by atoms with Gasteiger partial charge in [0.15, 0.2) is 0 Å². The highest BCUT2D eigenvalue weighted by molar-refractivity contribution is 5.80. The van der Waals surface area contributed by atoms with Gasteiger partial charge in [-0.15, -0.1) is 6.58 Å². The third kappa shape index (κ3) is 5.31. The van der Waals surface area contributed by atoms with Crippen molar-refractivity contribution in [2.45, 2.75) is 12.8 Å². The first-order valence-electron chi connectivity index (χ1n) is 4.33. The van der Waals surface area contributed by atoms with Crippen molar-refractivity contribution in [2.75, 3.05) is 19.7 Å². The number of carboxylic acids is 1. The van der Waals surface area contributed by atoms with E-state index in [2.05, 4.69) is 6.58 Å². The molecule has 0 aromatic carbocycles. The van der Waals surface area contributed by atoms with Crippen LogP contribution < -0.4 is 0 Å². The number of hydrogen-bond donors (Lipinski definition) is 2. The van der Waals surface area contributed by atoms with Gasteiger partial charge in [0.1, 0.15) is 0 Å². The Morgan fingerprint density at radius 2 is 2.00 bits per heavy atom. The van der Waals surface area contributed by atoms with E-state index in [4.69, 9.17) is 10.2 Å². The minimum atomic E-state index is -0.999. The van der Waals surface area contributed by atoms with Gasteiger partial charge in [0.2, 0.25) is 5.91 Å². The maximum Gasteiger partial charge on any atom is 0.303 e. The molecule has 80 valence electrons. The number of aliphatic hydroxyl groups is 1. The lowest BCUT2D eigenvalue weighted by molar-refractivity contribution is -0.140. The molecule has 0 heterocycles. The molecule has 0 bridgehead atoms. The summed E-state index contributed by atoms with van der Waals surface area (Å²) in [6, 6.07) is 0. The summed E-state index contributed by atoms with van der Waals surface area (Å²) in [6.07, 6.45) is 1.31. The molecule has 1 amide bonds. The molecule has 2 N–H and O–H groups in total. The van der Waals surface area contributed by atoms with E-state index in [1.165, 1.54) is 11.0 Å². The van der Waals surface area contributed by atoms with Gasteiger partial charge < -0.3 is 15.1 Å². The summed E-state index contributed by atoms with van der Waals surface area (Å²) in [5.74, 6) is -1.28. The largest absolute Gasteiger partial charge is 0.481 e. The summed E-state index contributed by atoms with van der Waals surface area (Å²) >= 11 is 0. The molecule has 0 saturated heterocycles. The third-order valence-corrected chi connectivity index (χ3v) is 1.62. The van der Waals surface area contributed by atoms with Gasteiger partial charge in [0.25, 0.3) is 0 Å². The quantitative estimate of drug-likeness (QED) is 0.562. The Morgan fingerprint density at radius 1 is 1.36 bits per heavy atom. The van der Waals surface area contributed by atoms with Gasteiger partial charge in [-0.1, -0.05) is 6.08 Å². The maximum atomic E-state index is 11.3. The second kappa shape index (κ2) is 7.08. The van der Waals surface area contributed by atoms with Gasteiger partial charge in [-0.05, 0) is 0 Å². The number of hydrogen-bond acceptors (Lipinski definition) is 3. The Bertz CT molecular complexity index is 215. The molecule has 0 aromatic heterocycles. The number of carbonyl (C=O) groups excluding carboxylic acids is 1. The monoisotopic (exact) mass is 201 g/mol. The number of aliphatic hydroxyl groups excluding tert-OH is 1. The maximum absolute atomic E-state index is 11.3. The number of rotatable bonds is 7. The van der Waals surface area contributed by atoms with Gasteiger partial charge in [-0.2, -0.15) is 0 Å². The van der Waals surface area contributed by atoms with Crippen molar-refractivity contribution in [1.29, 1.82) is 0 Å². The minimum absolute atomic E-state index is 0.0385. The standard InChI is InChI=1S/C9H15NO4/c1-2-5-10(6-7-11)8(12)3-4-9(13)14/h2,11H,1,3-7H2,(H,13,14). The molecule has 5 heteroatoms. The second-order valence-electron chi connectivity index (χ2n) is 2.75. The van der Waals surface area contributed by atoms with E-state index in [0.717, 1.165) is 0 Å². The molecule has 0 radical (unpaired) electrons. The number of nitrogens with zero attached hydrogens (tertiary/aromatic N) is 1. The summed E-state index contributed by atoms with van der Waals surface area (Å²) < 4.78 is 0. The van der Waals surface area contributed by atoms with Crippen LogP contribution in [-0.2, 0) is 9.59 Å². The molecule has 0 spiro atoms. The lowest BCUT2D eigenvalue weighted by Crippen LogP contribution is -2.33. The Kier molecular flexibility index (Phi) is 6.39. The molecular weight excluding hydrogens is 186 g/mol. The van der Waals surface area contributed by atoms with Crippen molar-refractivity contribution < 1.29 is 19.8 Å². The number of amides is 1. The molecular formula is C9H15NO4. The van der Waals surface area contributed by atoms with Gasteiger partial charge in [0, 0.05) is 19.5 Å². The highest BCUT2D eigenvalue weighted by atomic mass is 16.4. The molecule has 0 fully saturated rings. The number of carboxylic acid groups (broad SMARTS) is 1. The summed E-state index contributed by atoms with van der Waals surface area (Å²) in [6.45, 7) is 3.88. The molecule has 14 heavy (non-hydrogen) atoms.